The highest BCUT2D eigenvalue weighted by molar-refractivity contribution is 6.32. The number of rotatable bonds is 13. The number of guanidine groups is 1. The first-order chi connectivity index (χ1) is 25.0. The molecule has 53 heavy (non-hydrogen) atoms. The van der Waals surface area contributed by atoms with Crippen molar-refractivity contribution in [3.05, 3.63) is 83.2 Å². The Balaban J connectivity index is 1.38. The molecule has 6 rings (SSSR count). The maximum atomic E-state index is 14.9. The number of aliphatic imine (C=N–C) groups is 1. The average molecular weight is 761 g/mol. The summed E-state index contributed by atoms with van der Waals surface area (Å²) in [5.41, 5.74) is 6.34. The van der Waals surface area contributed by atoms with Crippen molar-refractivity contribution in [2.24, 2.45) is 28.0 Å². The molecule has 0 spiro atoms. The number of aromatic nitrogens is 5. The molecule has 2 N–H and O–H groups in total. The van der Waals surface area contributed by atoms with Gasteiger partial charge >= 0.3 is 12.5 Å². The zero-order valence-corrected chi connectivity index (χ0v) is 30.0. The Kier molecular flexibility index (Phi) is 10.4. The predicted molar refractivity (Wildman–Crippen MR) is 185 cm³/mol. The molecular formula is C36H38ClF5N8O3. The monoisotopic (exact) mass is 760 g/mol. The van der Waals surface area contributed by atoms with Gasteiger partial charge in [-0.1, -0.05) is 62.7 Å². The summed E-state index contributed by atoms with van der Waals surface area (Å²) in [6.45, 7) is 4.00. The molecule has 0 radical (unpaired) electrons. The zero-order chi connectivity index (χ0) is 38.4. The largest absolute Gasteiger partial charge is 0.463 e. The summed E-state index contributed by atoms with van der Waals surface area (Å²) in [5.74, 6) is -2.43. The molecule has 1 unspecified atom stereocenters. The predicted octanol–water partition coefficient (Wildman–Crippen LogP) is 7.57. The number of hydrogen-bond donors (Lipinski definition) is 1. The third-order valence-electron chi connectivity index (χ3n) is 9.47. The summed E-state index contributed by atoms with van der Waals surface area (Å²) in [6, 6.07) is 9.96. The number of nitrogens with zero attached hydrogens (tertiary/aromatic N) is 7. The van der Waals surface area contributed by atoms with Gasteiger partial charge in [-0.2, -0.15) is 19.0 Å². The van der Waals surface area contributed by atoms with Crippen LogP contribution in [0.2, 0.25) is 5.02 Å². The molecule has 0 saturated heterocycles. The molecule has 1 amide bonds. The third-order valence-corrected chi connectivity index (χ3v) is 9.79. The Hall–Kier alpha value is -4.86. The van der Waals surface area contributed by atoms with E-state index < -0.39 is 60.5 Å². The number of benzene rings is 2. The van der Waals surface area contributed by atoms with E-state index in [1.807, 2.05) is 20.8 Å². The second kappa shape index (κ2) is 14.5. The minimum Gasteiger partial charge on any atom is -0.463 e. The van der Waals surface area contributed by atoms with Crippen LogP contribution in [0.1, 0.15) is 82.9 Å². The van der Waals surface area contributed by atoms with Crippen LogP contribution in [0.15, 0.2) is 66.2 Å². The van der Waals surface area contributed by atoms with Crippen LogP contribution in [0.4, 0.5) is 22.0 Å². The fraction of sp³-hybridized carbons (Fsp3) is 0.444. The van der Waals surface area contributed by atoms with Gasteiger partial charge in [-0.25, -0.2) is 32.5 Å². The van der Waals surface area contributed by atoms with Crippen molar-refractivity contribution < 1.29 is 36.3 Å². The Morgan fingerprint density at radius 1 is 1.08 bits per heavy atom. The van der Waals surface area contributed by atoms with Crippen LogP contribution in [0.5, 0.6) is 0 Å². The maximum Gasteiger partial charge on any atom is 0.333 e. The molecule has 1 saturated carbocycles. The molecular weight excluding hydrogens is 723 g/mol. The van der Waals surface area contributed by atoms with E-state index in [9.17, 15) is 31.5 Å². The van der Waals surface area contributed by atoms with Gasteiger partial charge in [0, 0.05) is 18.2 Å². The summed E-state index contributed by atoms with van der Waals surface area (Å²) in [6.07, 6.45) is 0.123. The molecule has 1 fully saturated rings. The Morgan fingerprint density at radius 3 is 2.40 bits per heavy atom. The van der Waals surface area contributed by atoms with Crippen molar-refractivity contribution in [1.29, 1.82) is 0 Å². The highest BCUT2D eigenvalue weighted by atomic mass is 35.5. The minimum atomic E-state index is -2.99. The van der Waals surface area contributed by atoms with Gasteiger partial charge in [0.15, 0.2) is 17.3 Å². The van der Waals surface area contributed by atoms with Crippen LogP contribution in [0.3, 0.4) is 0 Å². The van der Waals surface area contributed by atoms with Gasteiger partial charge < -0.3 is 10.5 Å². The number of halogens is 6. The smallest absolute Gasteiger partial charge is 0.333 e. The molecule has 282 valence electrons. The molecule has 2 aromatic carbocycles. The van der Waals surface area contributed by atoms with Crippen LogP contribution < -0.4 is 5.73 Å². The second-order valence-corrected chi connectivity index (χ2v) is 15.0. The molecule has 2 aliphatic rings. The van der Waals surface area contributed by atoms with Gasteiger partial charge in [-0.05, 0) is 65.8 Å². The molecule has 2 aromatic heterocycles. The lowest BCUT2D eigenvalue weighted by Gasteiger charge is -2.35. The van der Waals surface area contributed by atoms with Gasteiger partial charge in [-0.3, -0.25) is 14.5 Å². The fourth-order valence-electron chi connectivity index (χ4n) is 6.92. The number of alkyl halides is 5. The van der Waals surface area contributed by atoms with Crippen LogP contribution in [0.25, 0.3) is 16.8 Å². The fourth-order valence-corrected chi connectivity index (χ4v) is 7.12. The van der Waals surface area contributed by atoms with Crippen molar-refractivity contribution in [2.45, 2.75) is 77.7 Å². The normalized spacial score (nSPS) is 21.3. The summed E-state index contributed by atoms with van der Waals surface area (Å²) < 4.78 is 75.0. The number of amides is 1. The van der Waals surface area contributed by atoms with Gasteiger partial charge in [0.25, 0.3) is 12.3 Å². The highest BCUT2D eigenvalue weighted by Gasteiger charge is 2.53. The van der Waals surface area contributed by atoms with E-state index in [4.69, 9.17) is 27.1 Å². The summed E-state index contributed by atoms with van der Waals surface area (Å²) in [7, 11) is 0. The zero-order valence-electron chi connectivity index (χ0n) is 29.3. The lowest BCUT2D eigenvalue weighted by Crippen LogP contribution is -2.47. The van der Waals surface area contributed by atoms with E-state index in [-0.39, 0.29) is 41.3 Å². The lowest BCUT2D eigenvalue weighted by molar-refractivity contribution is -0.148. The molecule has 11 nitrogen and oxygen atoms in total. The molecule has 3 heterocycles. The van der Waals surface area contributed by atoms with Crippen LogP contribution >= 0.6 is 11.6 Å². The molecule has 4 aromatic rings. The summed E-state index contributed by atoms with van der Waals surface area (Å²) in [4.78, 5) is 37.6. The Morgan fingerprint density at radius 2 is 1.79 bits per heavy atom. The first-order valence-corrected chi connectivity index (χ1v) is 17.3. The topological polar surface area (TPSA) is 134 Å². The molecule has 0 bridgehead atoms. The van der Waals surface area contributed by atoms with Crippen LogP contribution in [0, 0.1) is 17.3 Å². The lowest BCUT2D eigenvalue weighted by atomic mass is 9.75. The number of ether oxygens (including phenoxy) is 1. The molecule has 17 heteroatoms. The summed E-state index contributed by atoms with van der Waals surface area (Å²) >= 11 is 6.47. The maximum absolute atomic E-state index is 14.9. The van der Waals surface area contributed by atoms with Gasteiger partial charge in [-0.15, -0.1) is 0 Å². The average Bonchev–Trinajstić information content (AvgIpc) is 3.38. The van der Waals surface area contributed by atoms with Crippen molar-refractivity contribution in [1.82, 2.24) is 29.4 Å². The first-order valence-electron chi connectivity index (χ1n) is 16.9. The van der Waals surface area contributed by atoms with Crippen molar-refractivity contribution in [3.63, 3.8) is 0 Å². The number of hydrogen-bond acceptors (Lipinski definition) is 8. The third kappa shape index (κ3) is 7.78. The van der Waals surface area contributed by atoms with Crippen LogP contribution in [-0.2, 0) is 19.9 Å². The quantitative estimate of drug-likeness (QED) is 0.110. The Labute approximate surface area is 307 Å². The molecule has 1 aliphatic heterocycles. The van der Waals surface area contributed by atoms with E-state index in [0.717, 1.165) is 11.0 Å². The van der Waals surface area contributed by atoms with E-state index in [1.54, 1.807) is 30.3 Å². The van der Waals surface area contributed by atoms with E-state index in [0.29, 0.717) is 33.4 Å². The van der Waals surface area contributed by atoms with Gasteiger partial charge in [0.1, 0.15) is 19.1 Å². The first kappa shape index (κ1) is 37.9. The number of esters is 1. The Bertz CT molecular complexity index is 2010. The SMILES string of the molecule is CC(F)[C@H]1C[C@@H]1CC(=O)OC[C@H](c1ccc(Cl)c(-n2ncnc2C(F)F)c1)N1C(=O)[C@@](CC(C)(C)C)(c2ccc(-c3cnn(C(F)F)c3)cc2)N=C1N. The summed E-state index contributed by atoms with van der Waals surface area (Å²) in [5, 5.41) is 7.67. The minimum absolute atomic E-state index is 0.0255. The van der Waals surface area contributed by atoms with Gasteiger partial charge in [0.05, 0.1) is 22.9 Å². The highest BCUT2D eigenvalue weighted by Crippen LogP contribution is 2.47. The number of carbonyl (C=O) groups excluding carboxylic acids is 2. The van der Waals surface area contributed by atoms with E-state index >= 15 is 0 Å². The van der Waals surface area contributed by atoms with Crippen molar-refractivity contribution in [3.8, 4) is 16.8 Å². The molecule has 5 atom stereocenters. The van der Waals surface area contributed by atoms with Crippen LogP contribution in [-0.4, -0.2) is 60.1 Å². The van der Waals surface area contributed by atoms with Crippen molar-refractivity contribution >= 4 is 29.4 Å². The van der Waals surface area contributed by atoms with E-state index in [1.165, 1.54) is 36.4 Å². The number of carbonyl (C=O) groups is 2. The molecule has 1 aliphatic carbocycles. The second-order valence-electron chi connectivity index (χ2n) is 14.6. The van der Waals surface area contributed by atoms with Gasteiger partial charge in [0.2, 0.25) is 0 Å². The van der Waals surface area contributed by atoms with E-state index in [2.05, 4.69) is 15.2 Å². The number of nitrogens with two attached hydrogens (primary N) is 1. The standard InChI is InChI=1S/C36H38ClF5N8O3/c1-19(38)25-11-22(25)13-29(51)53-16-28(21-7-10-26(37)27(12-21)50-31(30(39)40)44-18-46-50)49-32(52)36(47-34(49)43,17-35(2,3)4)24-8-5-20(6-9-24)23-14-45-48(15-23)33(41)42/h5-10,12,14-15,18-19,22,25,28,30,33H,11,13,16-17H2,1-4H3,(H2,43,47)/t19?,22-,25-,28-,36-/m1/s1. The van der Waals surface area contributed by atoms with Crippen molar-refractivity contribution in [2.75, 3.05) is 6.61 Å².